The van der Waals surface area contributed by atoms with Gasteiger partial charge in [0.25, 0.3) is 5.56 Å². The molecule has 0 radical (unpaired) electrons. The van der Waals surface area contributed by atoms with E-state index in [-0.39, 0.29) is 5.56 Å². The average Bonchev–Trinajstić information content (AvgIpc) is 2.93. The first-order valence-electron chi connectivity index (χ1n) is 8.62. The van der Waals surface area contributed by atoms with Crippen LogP contribution >= 0.6 is 23.4 Å². The highest BCUT2D eigenvalue weighted by atomic mass is 35.5. The Labute approximate surface area is 171 Å². The SMILES string of the molecule is Cc1c(N=C2NNC(c3ccc(Cl)cc3)=CS2)c(=O)n(-c2ccccc2)n1C. The Morgan fingerprint density at radius 2 is 1.75 bits per heavy atom. The smallest absolute Gasteiger partial charge is 0.297 e. The second-order valence-corrected chi connectivity index (χ2v) is 7.53. The standard InChI is InChI=1S/C20H18ClN5OS/c1-13-18(19(27)26(25(13)2)16-6-4-3-5-7-16)22-20-24-23-17(12-28-20)14-8-10-15(21)11-9-14/h3-12,23H,1-2H3,(H,22,24). The molecule has 0 amide bonds. The summed E-state index contributed by atoms with van der Waals surface area (Å²) >= 11 is 7.36. The van der Waals surface area contributed by atoms with Gasteiger partial charge in [-0.15, -0.1) is 0 Å². The number of thioether (sulfide) groups is 1. The first kappa shape index (κ1) is 18.5. The van der Waals surface area contributed by atoms with Crippen molar-refractivity contribution in [1.82, 2.24) is 20.2 Å². The van der Waals surface area contributed by atoms with E-state index < -0.39 is 0 Å². The van der Waals surface area contributed by atoms with E-state index in [2.05, 4.69) is 15.8 Å². The van der Waals surface area contributed by atoms with Crippen molar-refractivity contribution in [2.24, 2.45) is 12.0 Å². The second-order valence-electron chi connectivity index (χ2n) is 6.23. The number of benzene rings is 2. The molecule has 2 heterocycles. The molecule has 28 heavy (non-hydrogen) atoms. The van der Waals surface area contributed by atoms with Crippen molar-refractivity contribution in [3.8, 4) is 5.69 Å². The predicted molar refractivity (Wildman–Crippen MR) is 116 cm³/mol. The van der Waals surface area contributed by atoms with Crippen LogP contribution < -0.4 is 16.4 Å². The minimum Gasteiger partial charge on any atom is -0.298 e. The summed E-state index contributed by atoms with van der Waals surface area (Å²) < 4.78 is 3.43. The summed E-state index contributed by atoms with van der Waals surface area (Å²) in [5.41, 5.74) is 9.93. The summed E-state index contributed by atoms with van der Waals surface area (Å²) in [6.07, 6.45) is 0. The Bertz CT molecular complexity index is 1130. The van der Waals surface area contributed by atoms with E-state index >= 15 is 0 Å². The second kappa shape index (κ2) is 7.61. The van der Waals surface area contributed by atoms with Gasteiger partial charge in [-0.2, -0.15) is 0 Å². The minimum absolute atomic E-state index is 0.159. The number of amidine groups is 1. The molecule has 6 nitrogen and oxygen atoms in total. The number of halogens is 1. The lowest BCUT2D eigenvalue weighted by Crippen LogP contribution is -2.36. The van der Waals surface area contributed by atoms with Crippen LogP contribution in [-0.2, 0) is 7.05 Å². The third-order valence-corrected chi connectivity index (χ3v) is 5.51. The van der Waals surface area contributed by atoms with E-state index in [9.17, 15) is 4.79 Å². The number of aliphatic imine (C=N–C) groups is 1. The number of hydrazine groups is 1. The molecule has 4 rings (SSSR count). The van der Waals surface area contributed by atoms with Crippen LogP contribution in [0.2, 0.25) is 5.02 Å². The molecule has 0 bridgehead atoms. The molecular formula is C20H18ClN5OS. The normalized spacial score (nSPS) is 15.1. The Balaban J connectivity index is 1.64. The maximum atomic E-state index is 13.0. The van der Waals surface area contributed by atoms with Gasteiger partial charge in [0, 0.05) is 23.0 Å². The first-order chi connectivity index (χ1) is 13.5. The first-order valence-corrected chi connectivity index (χ1v) is 9.88. The minimum atomic E-state index is -0.159. The highest BCUT2D eigenvalue weighted by Crippen LogP contribution is 2.24. The van der Waals surface area contributed by atoms with Crippen molar-refractivity contribution in [2.75, 3.05) is 0 Å². The van der Waals surface area contributed by atoms with Crippen molar-refractivity contribution in [3.05, 3.63) is 86.6 Å². The highest BCUT2D eigenvalue weighted by Gasteiger charge is 2.18. The number of rotatable bonds is 3. The molecule has 3 aromatic rings. The van der Waals surface area contributed by atoms with Crippen molar-refractivity contribution < 1.29 is 0 Å². The number of hydrogen-bond acceptors (Lipinski definition) is 4. The van der Waals surface area contributed by atoms with Crippen LogP contribution in [0, 0.1) is 6.92 Å². The zero-order chi connectivity index (χ0) is 19.7. The van der Waals surface area contributed by atoms with Gasteiger partial charge in [0.05, 0.1) is 17.1 Å². The summed E-state index contributed by atoms with van der Waals surface area (Å²) in [5.74, 6) is 0. The zero-order valence-corrected chi connectivity index (χ0v) is 16.9. The van der Waals surface area contributed by atoms with E-state index in [0.717, 1.165) is 22.6 Å². The van der Waals surface area contributed by atoms with Crippen LogP contribution in [0.15, 0.2) is 69.8 Å². The number of aromatic nitrogens is 2. The van der Waals surface area contributed by atoms with E-state index in [4.69, 9.17) is 11.6 Å². The number of nitrogens with zero attached hydrogens (tertiary/aromatic N) is 3. The molecule has 0 fully saturated rings. The molecule has 2 aromatic carbocycles. The molecular weight excluding hydrogens is 394 g/mol. The van der Waals surface area contributed by atoms with Crippen LogP contribution in [0.25, 0.3) is 11.4 Å². The Hall–Kier alpha value is -2.90. The average molecular weight is 412 g/mol. The van der Waals surface area contributed by atoms with E-state index in [1.54, 1.807) is 4.68 Å². The summed E-state index contributed by atoms with van der Waals surface area (Å²) in [5, 5.41) is 3.24. The van der Waals surface area contributed by atoms with Crippen molar-refractivity contribution in [1.29, 1.82) is 0 Å². The summed E-state index contributed by atoms with van der Waals surface area (Å²) in [4.78, 5) is 17.5. The van der Waals surface area contributed by atoms with E-state index in [0.29, 0.717) is 15.9 Å². The summed E-state index contributed by atoms with van der Waals surface area (Å²) in [7, 11) is 1.85. The van der Waals surface area contributed by atoms with Crippen molar-refractivity contribution in [3.63, 3.8) is 0 Å². The highest BCUT2D eigenvalue weighted by molar-refractivity contribution is 8.16. The van der Waals surface area contributed by atoms with Crippen LogP contribution in [-0.4, -0.2) is 14.5 Å². The molecule has 0 spiro atoms. The fourth-order valence-corrected chi connectivity index (χ4v) is 3.71. The van der Waals surface area contributed by atoms with Crippen molar-refractivity contribution in [2.45, 2.75) is 6.92 Å². The fraction of sp³-hybridized carbons (Fsp3) is 0.100. The lowest BCUT2D eigenvalue weighted by Gasteiger charge is -2.18. The molecule has 0 saturated heterocycles. The van der Waals surface area contributed by atoms with Gasteiger partial charge < -0.3 is 0 Å². The summed E-state index contributed by atoms with van der Waals surface area (Å²) in [6.45, 7) is 1.89. The van der Waals surface area contributed by atoms with Crippen LogP contribution in [0.4, 0.5) is 5.69 Å². The lowest BCUT2D eigenvalue weighted by molar-refractivity contribution is 0.630. The largest absolute Gasteiger partial charge is 0.298 e. The molecule has 0 atom stereocenters. The van der Waals surface area contributed by atoms with Gasteiger partial charge in [0.1, 0.15) is 0 Å². The molecule has 142 valence electrons. The van der Waals surface area contributed by atoms with Gasteiger partial charge >= 0.3 is 0 Å². The molecule has 2 N–H and O–H groups in total. The molecule has 0 saturated carbocycles. The third-order valence-electron chi connectivity index (χ3n) is 4.48. The molecule has 0 unspecified atom stereocenters. The Morgan fingerprint density at radius 3 is 2.39 bits per heavy atom. The van der Waals surface area contributed by atoms with E-state index in [1.807, 2.05) is 78.7 Å². The van der Waals surface area contributed by atoms with Crippen LogP contribution in [0.3, 0.4) is 0 Å². The number of hydrogen-bond donors (Lipinski definition) is 2. The molecule has 0 aliphatic carbocycles. The Morgan fingerprint density at radius 1 is 1.04 bits per heavy atom. The lowest BCUT2D eigenvalue weighted by atomic mass is 10.2. The molecule has 1 aliphatic rings. The zero-order valence-electron chi connectivity index (χ0n) is 15.3. The predicted octanol–water partition coefficient (Wildman–Crippen LogP) is 3.96. The number of nitrogens with one attached hydrogen (secondary N) is 2. The maximum absolute atomic E-state index is 13.0. The van der Waals surface area contributed by atoms with Gasteiger partial charge in [0.15, 0.2) is 10.9 Å². The van der Waals surface area contributed by atoms with Crippen LogP contribution in [0.5, 0.6) is 0 Å². The van der Waals surface area contributed by atoms with E-state index in [1.165, 1.54) is 11.8 Å². The van der Waals surface area contributed by atoms with Gasteiger partial charge in [-0.25, -0.2) is 9.67 Å². The van der Waals surface area contributed by atoms with Gasteiger partial charge in [-0.05, 0) is 31.2 Å². The van der Waals surface area contributed by atoms with Gasteiger partial charge in [-0.1, -0.05) is 53.7 Å². The van der Waals surface area contributed by atoms with Gasteiger partial charge in [0.2, 0.25) is 0 Å². The molecule has 8 heteroatoms. The van der Waals surface area contributed by atoms with Crippen molar-refractivity contribution >= 4 is 39.9 Å². The fourth-order valence-electron chi connectivity index (χ4n) is 2.90. The Kier molecular flexibility index (Phi) is 5.02. The van der Waals surface area contributed by atoms with Gasteiger partial charge in [-0.3, -0.25) is 20.3 Å². The topological polar surface area (TPSA) is 63.4 Å². The number of para-hydroxylation sites is 1. The maximum Gasteiger partial charge on any atom is 0.297 e. The quantitative estimate of drug-likeness (QED) is 0.684. The third kappa shape index (κ3) is 3.46. The summed E-state index contributed by atoms with van der Waals surface area (Å²) in [6, 6.07) is 17.1. The van der Waals surface area contributed by atoms with Crippen LogP contribution in [0.1, 0.15) is 11.3 Å². The monoisotopic (exact) mass is 411 g/mol. The molecule has 1 aliphatic heterocycles. The molecule has 1 aromatic heterocycles.